The number of nitrogens with zero attached hydrogens (tertiary/aromatic N) is 1. The van der Waals surface area contributed by atoms with Crippen molar-refractivity contribution in [3.8, 4) is 0 Å². The molecule has 1 aromatic rings. The van der Waals surface area contributed by atoms with Crippen LogP contribution in [0.15, 0.2) is 18.2 Å². The molecule has 0 amide bonds. The van der Waals surface area contributed by atoms with Crippen molar-refractivity contribution in [3.05, 3.63) is 28.8 Å². The van der Waals surface area contributed by atoms with Gasteiger partial charge < -0.3 is 10.2 Å². The molecular weight excluding hydrogens is 220 g/mol. The van der Waals surface area contributed by atoms with Crippen molar-refractivity contribution >= 4 is 17.3 Å². The fourth-order valence-electron chi connectivity index (χ4n) is 1.74. The maximum absolute atomic E-state index is 6.02. The van der Waals surface area contributed by atoms with E-state index in [1.54, 1.807) is 0 Å². The Bertz CT molecular complexity index is 339. The largest absolute Gasteiger partial charge is 0.372 e. The zero-order chi connectivity index (χ0) is 12.1. The average molecular weight is 241 g/mol. The van der Waals surface area contributed by atoms with Crippen LogP contribution < -0.4 is 10.2 Å². The summed E-state index contributed by atoms with van der Waals surface area (Å²) in [5, 5.41) is 3.98. The van der Waals surface area contributed by atoms with Crippen LogP contribution in [0.1, 0.15) is 25.8 Å². The smallest absolute Gasteiger partial charge is 0.0412 e. The molecule has 0 saturated carbocycles. The van der Waals surface area contributed by atoms with Crippen molar-refractivity contribution in [2.75, 3.05) is 19.0 Å². The molecule has 0 fully saturated rings. The van der Waals surface area contributed by atoms with Crippen molar-refractivity contribution < 1.29 is 0 Å². The van der Waals surface area contributed by atoms with Gasteiger partial charge in [-0.2, -0.15) is 0 Å². The lowest BCUT2D eigenvalue weighted by Gasteiger charge is -2.28. The molecule has 0 aliphatic carbocycles. The first-order valence-corrected chi connectivity index (χ1v) is 6.13. The van der Waals surface area contributed by atoms with E-state index >= 15 is 0 Å². The molecule has 0 aromatic heterocycles. The summed E-state index contributed by atoms with van der Waals surface area (Å²) in [7, 11) is 4.09. The lowest BCUT2D eigenvalue weighted by molar-refractivity contribution is 0.658. The lowest BCUT2D eigenvalue weighted by atomic mass is 10.1. The maximum Gasteiger partial charge on any atom is 0.0412 e. The Morgan fingerprint density at radius 2 is 2.12 bits per heavy atom. The number of hydrogen-bond acceptors (Lipinski definition) is 2. The van der Waals surface area contributed by atoms with E-state index in [4.69, 9.17) is 11.6 Å². The van der Waals surface area contributed by atoms with Gasteiger partial charge in [0, 0.05) is 30.3 Å². The molecule has 1 aromatic carbocycles. The van der Waals surface area contributed by atoms with E-state index in [2.05, 4.69) is 37.2 Å². The Hall–Kier alpha value is -0.730. The van der Waals surface area contributed by atoms with E-state index in [9.17, 15) is 0 Å². The van der Waals surface area contributed by atoms with Gasteiger partial charge in [0.2, 0.25) is 0 Å². The van der Waals surface area contributed by atoms with Gasteiger partial charge in [0.05, 0.1) is 0 Å². The zero-order valence-electron chi connectivity index (χ0n) is 10.5. The lowest BCUT2D eigenvalue weighted by Crippen LogP contribution is -2.29. The third-order valence-electron chi connectivity index (χ3n) is 3.04. The molecule has 0 spiro atoms. The van der Waals surface area contributed by atoms with Crippen LogP contribution in [0.2, 0.25) is 5.02 Å². The summed E-state index contributed by atoms with van der Waals surface area (Å²) in [6.07, 6.45) is 1.14. The summed E-state index contributed by atoms with van der Waals surface area (Å²) in [6.45, 7) is 5.28. The quantitative estimate of drug-likeness (QED) is 0.850. The Morgan fingerprint density at radius 3 is 2.69 bits per heavy atom. The monoisotopic (exact) mass is 240 g/mol. The van der Waals surface area contributed by atoms with Crippen LogP contribution >= 0.6 is 11.6 Å². The van der Waals surface area contributed by atoms with Crippen molar-refractivity contribution in [1.29, 1.82) is 0 Å². The van der Waals surface area contributed by atoms with Crippen LogP contribution in [0, 0.1) is 0 Å². The number of rotatable bonds is 5. The molecule has 0 aliphatic rings. The fourth-order valence-corrected chi connectivity index (χ4v) is 1.94. The number of nitrogens with one attached hydrogen (secondary N) is 1. The number of anilines is 1. The molecular formula is C13H21ClN2. The minimum atomic E-state index is 0.539. The Morgan fingerprint density at radius 1 is 1.44 bits per heavy atom. The highest BCUT2D eigenvalue weighted by Crippen LogP contribution is 2.25. The van der Waals surface area contributed by atoms with Gasteiger partial charge in [-0.05, 0) is 44.2 Å². The highest BCUT2D eigenvalue weighted by molar-refractivity contribution is 6.30. The van der Waals surface area contributed by atoms with E-state index < -0.39 is 0 Å². The van der Waals surface area contributed by atoms with Crippen LogP contribution in [0.25, 0.3) is 0 Å². The van der Waals surface area contributed by atoms with Crippen LogP contribution in [-0.4, -0.2) is 20.1 Å². The van der Waals surface area contributed by atoms with Crippen LogP contribution in [0.3, 0.4) is 0 Å². The Labute approximate surface area is 104 Å². The van der Waals surface area contributed by atoms with Crippen molar-refractivity contribution in [3.63, 3.8) is 0 Å². The first kappa shape index (κ1) is 13.3. The second-order valence-electron chi connectivity index (χ2n) is 4.17. The predicted octanol–water partition coefficient (Wildman–Crippen LogP) is 3.29. The zero-order valence-corrected chi connectivity index (χ0v) is 11.3. The van der Waals surface area contributed by atoms with Crippen LogP contribution in [0.4, 0.5) is 5.69 Å². The minimum Gasteiger partial charge on any atom is -0.372 e. The van der Waals surface area contributed by atoms with Gasteiger partial charge >= 0.3 is 0 Å². The molecule has 2 nitrogen and oxygen atoms in total. The molecule has 3 heteroatoms. The van der Waals surface area contributed by atoms with Crippen molar-refractivity contribution in [2.24, 2.45) is 0 Å². The van der Waals surface area contributed by atoms with Crippen LogP contribution in [0.5, 0.6) is 0 Å². The standard InChI is InChI=1S/C13H21ClN2/c1-5-10(2)16(4)13-7-6-12(14)8-11(13)9-15-3/h6-8,10,15H,5,9H2,1-4H3. The molecule has 0 saturated heterocycles. The molecule has 1 N–H and O–H groups in total. The average Bonchev–Trinajstić information content (AvgIpc) is 2.28. The molecule has 1 unspecified atom stereocenters. The molecule has 1 rings (SSSR count). The number of benzene rings is 1. The maximum atomic E-state index is 6.02. The van der Waals surface area contributed by atoms with Crippen molar-refractivity contribution in [1.82, 2.24) is 5.32 Å². The normalized spacial score (nSPS) is 12.6. The van der Waals surface area contributed by atoms with Gasteiger partial charge in [0.25, 0.3) is 0 Å². The summed E-state index contributed by atoms with van der Waals surface area (Å²) in [4.78, 5) is 2.31. The molecule has 0 radical (unpaired) electrons. The number of hydrogen-bond donors (Lipinski definition) is 1. The summed E-state index contributed by atoms with van der Waals surface area (Å²) >= 11 is 6.02. The molecule has 16 heavy (non-hydrogen) atoms. The van der Waals surface area contributed by atoms with Gasteiger partial charge in [-0.25, -0.2) is 0 Å². The second kappa shape index (κ2) is 6.12. The van der Waals surface area contributed by atoms with Gasteiger partial charge in [0.1, 0.15) is 0 Å². The van der Waals surface area contributed by atoms with Crippen molar-refractivity contribution in [2.45, 2.75) is 32.9 Å². The first-order chi connectivity index (χ1) is 7.60. The van der Waals surface area contributed by atoms with Crippen LogP contribution in [-0.2, 0) is 6.54 Å². The SMILES string of the molecule is CCC(C)N(C)c1ccc(Cl)cc1CNC. The second-order valence-corrected chi connectivity index (χ2v) is 4.61. The van der Waals surface area contributed by atoms with Gasteiger partial charge in [0.15, 0.2) is 0 Å². The Balaban J connectivity index is 3.01. The van der Waals surface area contributed by atoms with E-state index in [0.29, 0.717) is 6.04 Å². The molecule has 1 atom stereocenters. The molecule has 90 valence electrons. The van der Waals surface area contributed by atoms with E-state index in [1.165, 1.54) is 11.3 Å². The highest BCUT2D eigenvalue weighted by Gasteiger charge is 2.11. The summed E-state index contributed by atoms with van der Waals surface area (Å²) in [5.74, 6) is 0. The van der Waals surface area contributed by atoms with Gasteiger partial charge in [-0.3, -0.25) is 0 Å². The predicted molar refractivity (Wildman–Crippen MR) is 72.4 cm³/mol. The number of halogens is 1. The molecule has 0 heterocycles. The Kier molecular flexibility index (Phi) is 5.10. The van der Waals surface area contributed by atoms with Gasteiger partial charge in [-0.15, -0.1) is 0 Å². The molecule has 0 bridgehead atoms. The molecule has 0 aliphatic heterocycles. The topological polar surface area (TPSA) is 15.3 Å². The summed E-state index contributed by atoms with van der Waals surface area (Å²) in [6, 6.07) is 6.62. The highest BCUT2D eigenvalue weighted by atomic mass is 35.5. The first-order valence-electron chi connectivity index (χ1n) is 5.76. The third-order valence-corrected chi connectivity index (χ3v) is 3.28. The minimum absolute atomic E-state index is 0.539. The fraction of sp³-hybridized carbons (Fsp3) is 0.538. The van der Waals surface area contributed by atoms with E-state index in [-0.39, 0.29) is 0 Å². The third kappa shape index (κ3) is 3.13. The van der Waals surface area contributed by atoms with Gasteiger partial charge in [-0.1, -0.05) is 18.5 Å². The summed E-state index contributed by atoms with van der Waals surface area (Å²) < 4.78 is 0. The summed E-state index contributed by atoms with van der Waals surface area (Å²) in [5.41, 5.74) is 2.51. The van der Waals surface area contributed by atoms with E-state index in [1.807, 2.05) is 19.2 Å². The van der Waals surface area contributed by atoms with E-state index in [0.717, 1.165) is 18.0 Å².